The molecule has 4 aromatic rings. The van der Waals surface area contributed by atoms with Crippen LogP contribution in [0.15, 0.2) is 83.3 Å². The van der Waals surface area contributed by atoms with E-state index in [1.165, 1.54) is 24.2 Å². The predicted molar refractivity (Wildman–Crippen MR) is 431 cm³/mol. The lowest BCUT2D eigenvalue weighted by molar-refractivity contribution is -0.148. The smallest absolute Gasteiger partial charge is 0.468 e. The van der Waals surface area contributed by atoms with Gasteiger partial charge >= 0.3 is 31.2 Å². The number of hydrogen-bond acceptors (Lipinski definition) is 20. The molecule has 2 unspecified atom stereocenters. The number of nitrogens with one attached hydrogen (secondary N) is 6. The highest BCUT2D eigenvalue weighted by molar-refractivity contribution is 9.10. The number of pyridine rings is 2. The minimum Gasteiger partial charge on any atom is -0.468 e. The van der Waals surface area contributed by atoms with Crippen LogP contribution in [0, 0.1) is 22.7 Å². The first-order chi connectivity index (χ1) is 52.1. The van der Waals surface area contributed by atoms with Crippen LogP contribution < -0.4 is 32.1 Å². The van der Waals surface area contributed by atoms with Crippen molar-refractivity contribution in [2.24, 2.45) is 22.7 Å². The lowest BCUT2D eigenvalue weighted by Gasteiger charge is -2.37. The molecule has 8 amide bonds. The second-order valence-corrected chi connectivity index (χ2v) is 35.1. The zero-order valence-corrected chi connectivity index (χ0v) is 71.1. The van der Waals surface area contributed by atoms with Gasteiger partial charge in [0.05, 0.1) is 70.8 Å². The van der Waals surface area contributed by atoms with Gasteiger partial charge in [0.1, 0.15) is 47.5 Å². The van der Waals surface area contributed by atoms with Crippen LogP contribution in [0.5, 0.6) is 0 Å². The Morgan fingerprint density at radius 1 is 0.536 bits per heavy atom. The van der Waals surface area contributed by atoms with Crippen LogP contribution in [0.1, 0.15) is 219 Å². The summed E-state index contributed by atoms with van der Waals surface area (Å²) in [6.45, 7) is 37.9. The molecule has 8 atom stereocenters. The zero-order valence-electron chi connectivity index (χ0n) is 69.5. The summed E-state index contributed by atoms with van der Waals surface area (Å²) in [6, 6.07) is 14.8. The van der Waals surface area contributed by atoms with E-state index in [1.807, 2.05) is 110 Å². The topological polar surface area (TPSA) is 337 Å². The normalized spacial score (nSPS) is 20.4. The Hall–Kier alpha value is -8.58. The number of hydrogen-bond donors (Lipinski definition) is 6. The highest BCUT2D eigenvalue weighted by Gasteiger charge is 2.51. The maximum atomic E-state index is 14.0. The number of ether oxygens (including phenoxy) is 4. The number of aromatic nitrogens is 2. The highest BCUT2D eigenvalue weighted by atomic mass is 79.9. The van der Waals surface area contributed by atoms with Gasteiger partial charge in [-0.25, -0.2) is 20.4 Å². The third-order valence-corrected chi connectivity index (χ3v) is 20.9. The molecule has 2 aromatic heterocycles. The molecule has 30 heteroatoms. The van der Waals surface area contributed by atoms with Gasteiger partial charge in [0.25, 0.3) is 11.8 Å². The van der Waals surface area contributed by atoms with Crippen molar-refractivity contribution < 1.29 is 76.2 Å². The molecular weight excluding hydrogens is 1500 g/mol. The van der Waals surface area contributed by atoms with E-state index in [0.29, 0.717) is 51.9 Å². The van der Waals surface area contributed by atoms with E-state index in [4.69, 9.17) is 38.2 Å². The number of hydrazine groups is 2. The quantitative estimate of drug-likeness (QED) is 0.0272. The van der Waals surface area contributed by atoms with Gasteiger partial charge in [0.2, 0.25) is 23.6 Å². The van der Waals surface area contributed by atoms with Crippen LogP contribution in [0.25, 0.3) is 27.9 Å². The lowest BCUT2D eigenvalue weighted by Crippen LogP contribution is -2.62. The van der Waals surface area contributed by atoms with Crippen molar-refractivity contribution in [3.8, 4) is 0 Å². The minimum absolute atomic E-state index is 0.0609. The number of carbonyl (C=O) groups excluding carboxylic acids is 10. The van der Waals surface area contributed by atoms with Crippen LogP contribution in [0.2, 0.25) is 0 Å². The largest absolute Gasteiger partial charge is 0.486 e. The number of methoxy groups -OCH3 is 2. The predicted octanol–water partition coefficient (Wildman–Crippen LogP) is 11.2. The van der Waals surface area contributed by atoms with Crippen LogP contribution in [0.4, 0.5) is 9.59 Å². The van der Waals surface area contributed by atoms with Gasteiger partial charge in [-0.3, -0.25) is 58.3 Å². The Balaban J connectivity index is 0.000000257. The molecule has 7 heterocycles. The zero-order chi connectivity index (χ0) is 83.3. The number of carbonyl (C=O) groups is 10. The van der Waals surface area contributed by atoms with Crippen molar-refractivity contribution in [2.75, 3.05) is 40.4 Å². The average Bonchev–Trinajstić information content (AvgIpc) is 1.60. The summed E-state index contributed by atoms with van der Waals surface area (Å²) in [5.74, 6) is -1.22. The van der Waals surface area contributed by atoms with E-state index < -0.39 is 89.4 Å². The molecule has 0 bridgehead atoms. The van der Waals surface area contributed by atoms with Gasteiger partial charge in [-0.15, -0.1) is 0 Å². The number of rotatable bonds is 20. The Morgan fingerprint density at radius 2 is 0.920 bits per heavy atom. The van der Waals surface area contributed by atoms with Gasteiger partial charge in [0.15, 0.2) is 0 Å². The summed E-state index contributed by atoms with van der Waals surface area (Å²) in [5.41, 5.74) is 6.84. The van der Waals surface area contributed by atoms with Crippen LogP contribution in [0.3, 0.4) is 0 Å². The van der Waals surface area contributed by atoms with E-state index in [1.54, 1.807) is 123 Å². The fourth-order valence-electron chi connectivity index (χ4n) is 13.4. The maximum absolute atomic E-state index is 14.0. The highest BCUT2D eigenvalue weighted by Crippen LogP contribution is 2.39. The van der Waals surface area contributed by atoms with E-state index >= 15 is 0 Å². The SMILES string of the molecule is CC(C)[C@H](NC(=O)OC(C)(C)C)C(=O)N[C@@H](C)C(=O)N1CCC[C@@H](C(=O)N2CCCC2c2ccc3ccc(Br)cc3n2)N1.COC(=O)C(C)(C)/C=C/B1OC(C)(C)C(C)(C)O1.COC(=O)C(C)(C)/C=C/c1ccc2ccc(C3CCCN3C(=O)[C@@H]3CCCN(C(=O)[C@H](C)NC(=O)[C@@H](NC(=O)OC(C)(C)C)C(C)C)N3)nc2c1. The first-order valence-corrected chi connectivity index (χ1v) is 39.7. The molecule has 2 aromatic carbocycles. The Bertz CT molecular complexity index is 4100. The molecule has 5 saturated heterocycles. The molecule has 28 nitrogen and oxygen atoms in total. The molecule has 0 spiro atoms. The fourth-order valence-corrected chi connectivity index (χ4v) is 13.8. The maximum Gasteiger partial charge on any atom is 0.486 e. The fraction of sp³-hybridized carbons (Fsp3) is 0.610. The summed E-state index contributed by atoms with van der Waals surface area (Å²) in [5, 5.41) is 15.5. The summed E-state index contributed by atoms with van der Waals surface area (Å²) in [6.07, 6.45) is 9.75. The lowest BCUT2D eigenvalue weighted by atomic mass is 9.83. The number of nitrogens with zero attached hydrogens (tertiary/aromatic N) is 6. The molecular formula is C82H120BBrN12O16. The second-order valence-electron chi connectivity index (χ2n) is 34.2. The number of likely N-dealkylation sites (tertiary alicyclic amines) is 2. The summed E-state index contributed by atoms with van der Waals surface area (Å²) >= 11 is 3.51. The summed E-state index contributed by atoms with van der Waals surface area (Å²) in [4.78, 5) is 143. The van der Waals surface area contributed by atoms with Gasteiger partial charge in [0, 0.05) is 41.4 Å². The van der Waals surface area contributed by atoms with Gasteiger partial charge in [-0.2, -0.15) is 0 Å². The molecule has 0 radical (unpaired) electrons. The minimum atomic E-state index is -0.909. The number of esters is 2. The molecule has 5 fully saturated rings. The molecule has 614 valence electrons. The number of alkyl carbamates (subject to hydrolysis) is 2. The number of benzene rings is 2. The number of halogens is 1. The van der Waals surface area contributed by atoms with E-state index in [-0.39, 0.29) is 70.7 Å². The first kappa shape index (κ1) is 90.6. The van der Waals surface area contributed by atoms with Crippen molar-refractivity contribution in [3.63, 3.8) is 0 Å². The number of amides is 8. The van der Waals surface area contributed by atoms with Crippen LogP contribution in [-0.2, 0) is 66.6 Å². The van der Waals surface area contributed by atoms with Crippen molar-refractivity contribution in [1.29, 1.82) is 0 Å². The van der Waals surface area contributed by atoms with E-state index in [9.17, 15) is 47.9 Å². The van der Waals surface area contributed by atoms with Crippen LogP contribution >= 0.6 is 15.9 Å². The second kappa shape index (κ2) is 38.0. The first-order valence-electron chi connectivity index (χ1n) is 38.9. The number of fused-ring (bicyclic) bond motifs is 2. The van der Waals surface area contributed by atoms with Crippen molar-refractivity contribution in [1.82, 2.24) is 61.9 Å². The Kier molecular flexibility index (Phi) is 30.8. The molecule has 5 aliphatic rings. The summed E-state index contributed by atoms with van der Waals surface area (Å²) in [7, 11) is 2.32. The standard InChI is InChI=1S/C38H54N6O7.C31H43BrN6O5.C13H23BO4/c1-23(2)31(41-36(49)51-37(4,5)6)32(45)39-24(3)33(46)44-21-10-12-28(42-44)34(47)43-20-11-13-30(43)27-17-16-26-15-14-25(22-29(26)40-27)18-19-38(7,8)35(48)50-9;1-18(2)26(35-30(42)43-31(4,5)6)27(39)33-19(3)28(40)38-16-7-9-23(36-38)29(41)37-15-8-10-25(37)22-14-12-20-11-13-21(32)17-24(20)34-22;1-11(2,10(15)16-7)8-9-14-17-12(3,4)13(5,6)18-14/h14-19,22-24,28,30-31,42H,10-13,20-21H2,1-9H3,(H,39,45)(H,41,49);11-14,17-19,23,25-26,36H,7-10,15-16H2,1-6H3,(H,33,39)(H,35,42);8-9H,1-7H3/b19-18+;;9-8+/t24-,28-,30?,31-;19-,23-,25?,26-;/m00./s1. The van der Waals surface area contributed by atoms with Crippen molar-refractivity contribution >= 4 is 110 Å². The third-order valence-electron chi connectivity index (χ3n) is 20.4. The van der Waals surface area contributed by atoms with Crippen molar-refractivity contribution in [3.05, 3.63) is 100 Å². The van der Waals surface area contributed by atoms with Gasteiger partial charge < -0.3 is 59.3 Å². The van der Waals surface area contributed by atoms with E-state index in [2.05, 4.69) is 48.0 Å². The third kappa shape index (κ3) is 24.5. The average molecular weight is 1620 g/mol. The Morgan fingerprint density at radius 3 is 1.32 bits per heavy atom. The summed E-state index contributed by atoms with van der Waals surface area (Å²) < 4.78 is 32.8. The van der Waals surface area contributed by atoms with Crippen LogP contribution in [-0.4, -0.2) is 196 Å². The molecule has 0 aliphatic carbocycles. The van der Waals surface area contributed by atoms with Gasteiger partial charge in [-0.1, -0.05) is 98.2 Å². The molecule has 6 N–H and O–H groups in total. The molecule has 112 heavy (non-hydrogen) atoms. The molecule has 5 aliphatic heterocycles. The molecule has 9 rings (SSSR count). The van der Waals surface area contributed by atoms with E-state index in [0.717, 1.165) is 68.9 Å². The molecule has 0 saturated carbocycles. The monoisotopic (exact) mass is 1620 g/mol. The van der Waals surface area contributed by atoms with Gasteiger partial charge in [-0.05, 0) is 210 Å². The Labute approximate surface area is 669 Å². The van der Waals surface area contributed by atoms with Crippen molar-refractivity contribution in [2.45, 2.75) is 261 Å².